The summed E-state index contributed by atoms with van der Waals surface area (Å²) >= 11 is 0. The smallest absolute Gasteiger partial charge is 0.248 e. The monoisotopic (exact) mass is 529 g/mol. The summed E-state index contributed by atoms with van der Waals surface area (Å²) in [5, 5.41) is 3.19. The van der Waals surface area contributed by atoms with Crippen LogP contribution >= 0.6 is 0 Å². The lowest BCUT2D eigenvalue weighted by atomic mass is 9.72. The van der Waals surface area contributed by atoms with Crippen molar-refractivity contribution in [3.05, 3.63) is 35.9 Å². The Morgan fingerprint density at radius 1 is 1.05 bits per heavy atom. The van der Waals surface area contributed by atoms with E-state index in [-0.39, 0.29) is 73.2 Å². The number of Topliss-reactive ketones (excluding diaryl/α,β-unsaturated/α-hetero) is 1. The molecule has 1 spiro atoms. The zero-order valence-corrected chi connectivity index (χ0v) is 22.6. The summed E-state index contributed by atoms with van der Waals surface area (Å²) in [6.45, 7) is 5.17. The van der Waals surface area contributed by atoms with E-state index < -0.39 is 11.5 Å². The Hall–Kier alpha value is -2.35. The number of nitrogens with one attached hydrogen (secondary N) is 1. The van der Waals surface area contributed by atoms with E-state index >= 15 is 0 Å². The van der Waals surface area contributed by atoms with Crippen molar-refractivity contribution >= 4 is 17.6 Å². The van der Waals surface area contributed by atoms with Gasteiger partial charge in [0.1, 0.15) is 5.54 Å². The lowest BCUT2D eigenvalue weighted by Gasteiger charge is -2.53. The summed E-state index contributed by atoms with van der Waals surface area (Å²) in [6.07, 6.45) is 4.43. The molecule has 3 heterocycles. The molecule has 3 unspecified atom stereocenters. The van der Waals surface area contributed by atoms with Crippen LogP contribution in [0.25, 0.3) is 0 Å². The van der Waals surface area contributed by atoms with Crippen molar-refractivity contribution in [3.63, 3.8) is 0 Å². The maximum atomic E-state index is 13.6. The van der Waals surface area contributed by atoms with Crippen LogP contribution in [0.3, 0.4) is 0 Å². The van der Waals surface area contributed by atoms with Crippen LogP contribution in [0.2, 0.25) is 0 Å². The van der Waals surface area contributed by atoms with Gasteiger partial charge in [0.2, 0.25) is 17.7 Å². The molecule has 208 valence electrons. The van der Waals surface area contributed by atoms with Crippen LogP contribution in [0, 0.1) is 11.8 Å². The number of likely N-dealkylation sites (tertiary alicyclic amines) is 1. The predicted molar refractivity (Wildman–Crippen MR) is 141 cm³/mol. The maximum Gasteiger partial charge on any atom is 0.248 e. The largest absolute Gasteiger partial charge is 0.349 e. The first-order chi connectivity index (χ1) is 18.1. The summed E-state index contributed by atoms with van der Waals surface area (Å²) in [7, 11) is 0. The molecule has 2 bridgehead atoms. The number of alkyl halides is 2. The summed E-state index contributed by atoms with van der Waals surface area (Å²) in [6, 6.07) is 10.1. The fourth-order valence-electron chi connectivity index (χ4n) is 7.65. The van der Waals surface area contributed by atoms with E-state index in [1.54, 1.807) is 0 Å². The van der Waals surface area contributed by atoms with Crippen molar-refractivity contribution in [1.29, 1.82) is 0 Å². The summed E-state index contributed by atoms with van der Waals surface area (Å²) in [4.78, 5) is 43.9. The first-order valence-electron chi connectivity index (χ1n) is 14.5. The minimum Gasteiger partial charge on any atom is -0.349 e. The number of hydrogen-bond donors (Lipinski definition) is 1. The second-order valence-corrected chi connectivity index (χ2v) is 12.1. The van der Waals surface area contributed by atoms with Crippen LogP contribution < -0.4 is 5.32 Å². The van der Waals surface area contributed by atoms with Crippen LogP contribution in [0.4, 0.5) is 8.78 Å². The minimum absolute atomic E-state index is 0.104. The summed E-state index contributed by atoms with van der Waals surface area (Å²) < 4.78 is 27.3. The molecule has 1 aliphatic carbocycles. The third-order valence-electron chi connectivity index (χ3n) is 9.73. The molecule has 4 aliphatic rings. The van der Waals surface area contributed by atoms with Crippen LogP contribution in [0.5, 0.6) is 0 Å². The van der Waals surface area contributed by atoms with Gasteiger partial charge in [-0.25, -0.2) is 8.78 Å². The number of fused-ring (bicyclic) bond motifs is 2. The van der Waals surface area contributed by atoms with Crippen LogP contribution in [0.15, 0.2) is 30.3 Å². The molecule has 0 aromatic heterocycles. The molecule has 5 rings (SSSR count). The number of carbonyl (C=O) groups is 3. The second kappa shape index (κ2) is 10.7. The van der Waals surface area contributed by atoms with Crippen molar-refractivity contribution in [2.24, 2.45) is 11.8 Å². The van der Waals surface area contributed by atoms with E-state index in [0.29, 0.717) is 32.2 Å². The Balaban J connectivity index is 1.27. The third kappa shape index (κ3) is 5.13. The van der Waals surface area contributed by atoms with Crippen LogP contribution in [-0.4, -0.2) is 64.0 Å². The van der Waals surface area contributed by atoms with E-state index in [1.165, 1.54) is 0 Å². The highest BCUT2D eigenvalue weighted by molar-refractivity contribution is 6.00. The molecular formula is C30H41F2N3O3. The predicted octanol–water partition coefficient (Wildman–Crippen LogP) is 4.88. The lowest BCUT2D eigenvalue weighted by molar-refractivity contribution is -0.162. The highest BCUT2D eigenvalue weighted by Crippen LogP contribution is 2.47. The van der Waals surface area contributed by atoms with Gasteiger partial charge in [0.15, 0.2) is 5.78 Å². The Morgan fingerprint density at radius 3 is 2.29 bits per heavy atom. The molecule has 1 N–H and O–H groups in total. The fourth-order valence-corrected chi connectivity index (χ4v) is 7.65. The number of hydrogen-bond acceptors (Lipinski definition) is 4. The molecule has 8 heteroatoms. The first-order valence-corrected chi connectivity index (χ1v) is 14.5. The van der Waals surface area contributed by atoms with Crippen LogP contribution in [-0.2, 0) is 14.4 Å². The highest BCUT2D eigenvalue weighted by atomic mass is 19.3. The number of nitrogens with zero attached hydrogens (tertiary/aromatic N) is 2. The average molecular weight is 530 g/mol. The Kier molecular flexibility index (Phi) is 7.64. The van der Waals surface area contributed by atoms with Gasteiger partial charge < -0.3 is 10.2 Å². The van der Waals surface area contributed by atoms with Gasteiger partial charge in [-0.05, 0) is 57.4 Å². The van der Waals surface area contributed by atoms with E-state index in [2.05, 4.69) is 10.2 Å². The third-order valence-corrected chi connectivity index (χ3v) is 9.73. The molecule has 0 radical (unpaired) electrons. The molecule has 1 saturated carbocycles. The van der Waals surface area contributed by atoms with Gasteiger partial charge in [0.25, 0.3) is 0 Å². The lowest BCUT2D eigenvalue weighted by Crippen LogP contribution is -2.67. The Bertz CT molecular complexity index is 1020. The standard InChI is InChI=1S/C30H41F2N3O3/c1-3-35-28(38)20(2)17-26(36)29(35)18-23-9-10-24(19-29)34(23)16-13-25(21-7-5-4-6-8-21)33-27(37)22-11-14-30(31,32)15-12-22/h4-8,20,22-25H,3,9-19H2,1-2H3,(H,33,37)/t20?,23?,24?,25-,29?/m0/s1. The SMILES string of the molecule is CCN1C(=O)C(C)CC(=O)C12CC1CCC(C2)N1CC[C@H](NC(=O)C1CCC(F)(F)CC1)c1ccccc1. The van der Waals surface area contributed by atoms with E-state index in [9.17, 15) is 23.2 Å². The van der Waals surface area contributed by atoms with Gasteiger partial charge in [-0.1, -0.05) is 37.3 Å². The molecule has 4 fully saturated rings. The van der Waals surface area contributed by atoms with Crippen molar-refractivity contribution in [3.8, 4) is 0 Å². The molecule has 1 aromatic rings. The number of ketones is 1. The topological polar surface area (TPSA) is 69.7 Å². The number of piperidine rings is 2. The molecule has 3 aliphatic heterocycles. The number of likely N-dealkylation sites (N-methyl/N-ethyl adjacent to an activating group) is 1. The normalized spacial score (nSPS) is 32.5. The zero-order valence-electron chi connectivity index (χ0n) is 22.6. The van der Waals surface area contributed by atoms with Crippen molar-refractivity contribution in [2.75, 3.05) is 13.1 Å². The molecule has 1 aromatic carbocycles. The van der Waals surface area contributed by atoms with Crippen molar-refractivity contribution in [2.45, 2.75) is 108 Å². The van der Waals surface area contributed by atoms with Crippen molar-refractivity contribution in [1.82, 2.24) is 15.1 Å². The number of halogens is 2. The molecule has 2 amide bonds. The van der Waals surface area contributed by atoms with Crippen molar-refractivity contribution < 1.29 is 23.2 Å². The molecule has 38 heavy (non-hydrogen) atoms. The van der Waals surface area contributed by atoms with Gasteiger partial charge in [-0.15, -0.1) is 0 Å². The summed E-state index contributed by atoms with van der Waals surface area (Å²) in [5.41, 5.74) is 0.346. The number of rotatable bonds is 7. The first kappa shape index (κ1) is 27.2. The van der Waals surface area contributed by atoms with Gasteiger partial charge in [0, 0.05) is 56.3 Å². The molecule has 3 saturated heterocycles. The fraction of sp³-hybridized carbons (Fsp3) is 0.700. The highest BCUT2D eigenvalue weighted by Gasteiger charge is 2.58. The van der Waals surface area contributed by atoms with E-state index in [4.69, 9.17) is 0 Å². The van der Waals surface area contributed by atoms with Gasteiger partial charge >= 0.3 is 0 Å². The van der Waals surface area contributed by atoms with Gasteiger partial charge in [-0.2, -0.15) is 0 Å². The van der Waals surface area contributed by atoms with Gasteiger partial charge in [0.05, 0.1) is 6.04 Å². The van der Waals surface area contributed by atoms with Crippen LogP contribution in [0.1, 0.15) is 89.7 Å². The Morgan fingerprint density at radius 2 is 1.68 bits per heavy atom. The molecular weight excluding hydrogens is 488 g/mol. The maximum absolute atomic E-state index is 13.6. The quantitative estimate of drug-likeness (QED) is 0.547. The minimum atomic E-state index is -2.66. The molecule has 6 nitrogen and oxygen atoms in total. The zero-order chi connectivity index (χ0) is 27.1. The average Bonchev–Trinajstić information content (AvgIpc) is 3.14. The van der Waals surface area contributed by atoms with E-state index in [0.717, 1.165) is 24.9 Å². The molecule has 4 atom stereocenters. The van der Waals surface area contributed by atoms with E-state index in [1.807, 2.05) is 49.1 Å². The Labute approximate surface area is 224 Å². The second-order valence-electron chi connectivity index (χ2n) is 12.1. The number of carbonyl (C=O) groups excluding carboxylic acids is 3. The number of amides is 2. The van der Waals surface area contributed by atoms with Gasteiger partial charge in [-0.3, -0.25) is 19.3 Å². The summed E-state index contributed by atoms with van der Waals surface area (Å²) in [5.74, 6) is -3.08. The number of benzene rings is 1.